The predicted octanol–water partition coefficient (Wildman–Crippen LogP) is 1.55. The van der Waals surface area contributed by atoms with Crippen molar-refractivity contribution in [1.29, 1.82) is 0 Å². The summed E-state index contributed by atoms with van der Waals surface area (Å²) >= 11 is 0. The van der Waals surface area contributed by atoms with Crippen molar-refractivity contribution < 1.29 is 9.59 Å². The van der Waals surface area contributed by atoms with Gasteiger partial charge in [0.05, 0.1) is 0 Å². The average molecular weight is 240 g/mol. The summed E-state index contributed by atoms with van der Waals surface area (Å²) < 4.78 is 0. The van der Waals surface area contributed by atoms with Crippen LogP contribution in [0.4, 0.5) is 0 Å². The first-order valence-electron chi connectivity index (χ1n) is 6.36. The molecule has 1 unspecified atom stereocenters. The van der Waals surface area contributed by atoms with Gasteiger partial charge in [-0.2, -0.15) is 0 Å². The summed E-state index contributed by atoms with van der Waals surface area (Å²) in [5.41, 5.74) is -0.779. The van der Waals surface area contributed by atoms with Gasteiger partial charge < -0.3 is 10.2 Å². The van der Waals surface area contributed by atoms with Crippen LogP contribution in [0.15, 0.2) is 0 Å². The molecule has 0 aromatic heterocycles. The summed E-state index contributed by atoms with van der Waals surface area (Å²) in [5.74, 6) is 0.546. The first kappa shape index (κ1) is 14.0. The van der Waals surface area contributed by atoms with Crippen molar-refractivity contribution in [2.75, 3.05) is 6.54 Å². The van der Waals surface area contributed by atoms with E-state index >= 15 is 0 Å². The molecule has 0 radical (unpaired) electrons. The monoisotopic (exact) mass is 240 g/mol. The normalized spacial score (nSPS) is 24.8. The lowest BCUT2D eigenvalue weighted by Crippen LogP contribution is -2.53. The van der Waals surface area contributed by atoms with Gasteiger partial charge in [-0.25, -0.2) is 0 Å². The third-order valence-corrected chi connectivity index (χ3v) is 3.21. The van der Waals surface area contributed by atoms with Crippen molar-refractivity contribution in [3.63, 3.8) is 0 Å². The first-order valence-corrected chi connectivity index (χ1v) is 6.36. The molecule has 0 saturated carbocycles. The third kappa shape index (κ3) is 3.45. The van der Waals surface area contributed by atoms with Crippen LogP contribution in [-0.4, -0.2) is 34.8 Å². The molecule has 1 heterocycles. The summed E-state index contributed by atoms with van der Waals surface area (Å²) in [6, 6.07) is -0.0111. The van der Waals surface area contributed by atoms with E-state index in [9.17, 15) is 9.59 Å². The van der Waals surface area contributed by atoms with Gasteiger partial charge in [-0.1, -0.05) is 13.8 Å². The maximum absolute atomic E-state index is 12.3. The number of carbonyl (C=O) groups excluding carboxylic acids is 2. The molecule has 0 spiro atoms. The zero-order valence-electron chi connectivity index (χ0n) is 11.5. The van der Waals surface area contributed by atoms with Crippen LogP contribution in [0.3, 0.4) is 0 Å². The Morgan fingerprint density at radius 3 is 2.53 bits per heavy atom. The molecule has 4 nitrogen and oxygen atoms in total. The topological polar surface area (TPSA) is 49.4 Å². The second-order valence-corrected chi connectivity index (χ2v) is 5.91. The first-order chi connectivity index (χ1) is 7.74. The fraction of sp³-hybridized carbons (Fsp3) is 0.846. The summed E-state index contributed by atoms with van der Waals surface area (Å²) in [4.78, 5) is 25.8. The molecule has 0 bridgehead atoms. The van der Waals surface area contributed by atoms with Crippen molar-refractivity contribution in [3.05, 3.63) is 0 Å². The molecular weight excluding hydrogens is 216 g/mol. The Morgan fingerprint density at radius 2 is 2.00 bits per heavy atom. The van der Waals surface area contributed by atoms with Crippen LogP contribution in [0.5, 0.6) is 0 Å². The Morgan fingerprint density at radius 1 is 1.41 bits per heavy atom. The highest BCUT2D eigenvalue weighted by atomic mass is 16.2. The Kier molecular flexibility index (Phi) is 4.17. The second kappa shape index (κ2) is 5.07. The molecule has 1 aliphatic rings. The molecule has 1 fully saturated rings. The summed E-state index contributed by atoms with van der Waals surface area (Å²) in [5, 5.41) is 2.79. The molecule has 1 aliphatic heterocycles. The fourth-order valence-corrected chi connectivity index (χ4v) is 2.11. The standard InChI is InChI=1S/C13H24N2O2/c1-9(2)6-7-15-10(3)8-11(16)14-13(4,5)12(15)17/h9-10H,6-8H2,1-5H3,(H,14,16). The summed E-state index contributed by atoms with van der Waals surface area (Å²) in [6.07, 6.45) is 1.37. The number of hydrogen-bond donors (Lipinski definition) is 1. The van der Waals surface area contributed by atoms with Gasteiger partial charge in [0.25, 0.3) is 0 Å². The third-order valence-electron chi connectivity index (χ3n) is 3.21. The quantitative estimate of drug-likeness (QED) is 0.813. The number of rotatable bonds is 3. The Labute approximate surface area is 104 Å². The van der Waals surface area contributed by atoms with Gasteiger partial charge in [0.15, 0.2) is 0 Å². The lowest BCUT2D eigenvalue weighted by atomic mass is 10.0. The van der Waals surface area contributed by atoms with E-state index in [1.807, 2.05) is 11.8 Å². The maximum atomic E-state index is 12.3. The van der Waals surface area contributed by atoms with Gasteiger partial charge in [0, 0.05) is 19.0 Å². The van der Waals surface area contributed by atoms with Gasteiger partial charge in [0.2, 0.25) is 11.8 Å². The van der Waals surface area contributed by atoms with Crippen molar-refractivity contribution in [1.82, 2.24) is 10.2 Å². The van der Waals surface area contributed by atoms with E-state index in [1.54, 1.807) is 13.8 Å². The van der Waals surface area contributed by atoms with Gasteiger partial charge in [0.1, 0.15) is 5.54 Å². The van der Waals surface area contributed by atoms with E-state index in [4.69, 9.17) is 0 Å². The zero-order valence-corrected chi connectivity index (χ0v) is 11.5. The van der Waals surface area contributed by atoms with Gasteiger partial charge in [-0.05, 0) is 33.1 Å². The summed E-state index contributed by atoms with van der Waals surface area (Å²) in [6.45, 7) is 10.5. The van der Waals surface area contributed by atoms with E-state index in [0.29, 0.717) is 12.3 Å². The maximum Gasteiger partial charge on any atom is 0.247 e. The number of carbonyl (C=O) groups is 2. The minimum Gasteiger partial charge on any atom is -0.342 e. The minimum atomic E-state index is -0.779. The largest absolute Gasteiger partial charge is 0.342 e. The number of nitrogens with zero attached hydrogens (tertiary/aromatic N) is 1. The van der Waals surface area contributed by atoms with E-state index < -0.39 is 5.54 Å². The highest BCUT2D eigenvalue weighted by Gasteiger charge is 2.39. The molecule has 1 saturated heterocycles. The highest BCUT2D eigenvalue weighted by molar-refractivity contribution is 5.93. The SMILES string of the molecule is CC(C)CCN1C(=O)C(C)(C)NC(=O)CC1C. The number of nitrogens with one attached hydrogen (secondary N) is 1. The molecule has 1 rings (SSSR count). The van der Waals surface area contributed by atoms with Crippen LogP contribution >= 0.6 is 0 Å². The van der Waals surface area contributed by atoms with E-state index in [0.717, 1.165) is 13.0 Å². The van der Waals surface area contributed by atoms with Gasteiger partial charge >= 0.3 is 0 Å². The lowest BCUT2D eigenvalue weighted by Gasteiger charge is -2.32. The van der Waals surface area contributed by atoms with Crippen molar-refractivity contribution in [2.45, 2.75) is 59.0 Å². The highest BCUT2D eigenvalue weighted by Crippen LogP contribution is 2.19. The molecule has 1 N–H and O–H groups in total. The molecule has 0 aliphatic carbocycles. The molecule has 1 atom stereocenters. The fourth-order valence-electron chi connectivity index (χ4n) is 2.11. The van der Waals surface area contributed by atoms with Crippen LogP contribution < -0.4 is 5.32 Å². The molecule has 2 amide bonds. The van der Waals surface area contributed by atoms with E-state index in [-0.39, 0.29) is 17.9 Å². The van der Waals surface area contributed by atoms with Crippen LogP contribution in [0.2, 0.25) is 0 Å². The van der Waals surface area contributed by atoms with Crippen molar-refractivity contribution in [3.8, 4) is 0 Å². The Balaban J connectivity index is 2.84. The van der Waals surface area contributed by atoms with Crippen LogP contribution in [0.1, 0.15) is 47.5 Å². The molecule has 98 valence electrons. The van der Waals surface area contributed by atoms with E-state index in [2.05, 4.69) is 19.2 Å². The molecule has 0 aromatic rings. The van der Waals surface area contributed by atoms with Crippen LogP contribution in [-0.2, 0) is 9.59 Å². The minimum absolute atomic E-state index is 0.0111. The van der Waals surface area contributed by atoms with Crippen LogP contribution in [0.25, 0.3) is 0 Å². The lowest BCUT2D eigenvalue weighted by molar-refractivity contribution is -0.138. The van der Waals surface area contributed by atoms with Gasteiger partial charge in [-0.15, -0.1) is 0 Å². The molecular formula is C13H24N2O2. The van der Waals surface area contributed by atoms with E-state index in [1.165, 1.54) is 0 Å². The number of hydrogen-bond acceptors (Lipinski definition) is 2. The van der Waals surface area contributed by atoms with Crippen molar-refractivity contribution >= 4 is 11.8 Å². The Bertz CT molecular complexity index is 311. The van der Waals surface area contributed by atoms with Crippen molar-refractivity contribution in [2.24, 2.45) is 5.92 Å². The molecule has 17 heavy (non-hydrogen) atoms. The summed E-state index contributed by atoms with van der Waals surface area (Å²) in [7, 11) is 0. The number of amides is 2. The van der Waals surface area contributed by atoms with Crippen LogP contribution in [0, 0.1) is 5.92 Å². The molecule has 4 heteroatoms. The Hall–Kier alpha value is -1.06. The smallest absolute Gasteiger partial charge is 0.247 e. The molecule has 0 aromatic carbocycles. The predicted molar refractivity (Wildman–Crippen MR) is 67.5 cm³/mol. The average Bonchev–Trinajstić information content (AvgIpc) is 2.21. The zero-order chi connectivity index (χ0) is 13.2. The van der Waals surface area contributed by atoms with Gasteiger partial charge in [-0.3, -0.25) is 9.59 Å². The second-order valence-electron chi connectivity index (χ2n) is 5.91.